The molecule has 7 heterocycles. The minimum absolute atomic E-state index is 0.00586. The number of carbonyl (C=O) groups is 5. The third-order valence-electron chi connectivity index (χ3n) is 12.8. The van der Waals surface area contributed by atoms with Crippen molar-refractivity contribution in [2.75, 3.05) is 42.5 Å². The molecule has 1 aromatic heterocycles. The number of imide groups is 2. The van der Waals surface area contributed by atoms with Crippen LogP contribution in [0, 0.1) is 23.1 Å². The summed E-state index contributed by atoms with van der Waals surface area (Å²) in [4.78, 5) is 71.2. The van der Waals surface area contributed by atoms with Crippen LogP contribution in [-0.4, -0.2) is 113 Å². The Kier molecular flexibility index (Phi) is 10.4. The highest BCUT2D eigenvalue weighted by molar-refractivity contribution is 6.31. The van der Waals surface area contributed by atoms with E-state index in [4.69, 9.17) is 21.6 Å². The molecule has 0 spiro atoms. The van der Waals surface area contributed by atoms with Crippen molar-refractivity contribution in [2.24, 2.45) is 5.92 Å². The highest BCUT2D eigenvalue weighted by Gasteiger charge is 2.49. The molecule has 2 aromatic carbocycles. The van der Waals surface area contributed by atoms with Gasteiger partial charge in [-0.05, 0) is 93.7 Å². The summed E-state index contributed by atoms with van der Waals surface area (Å²) < 4.78 is 21.7. The average Bonchev–Trinajstić information content (AvgIpc) is 3.46. The van der Waals surface area contributed by atoms with Gasteiger partial charge >= 0.3 is 0 Å². The fourth-order valence-corrected chi connectivity index (χ4v) is 9.89. The smallest absolute Gasteiger partial charge is 0.272 e. The van der Waals surface area contributed by atoms with Crippen LogP contribution in [0.15, 0.2) is 42.5 Å². The van der Waals surface area contributed by atoms with Gasteiger partial charge in [-0.25, -0.2) is 4.39 Å². The number of aromatic nitrogens is 2. The number of fused-ring (bicyclic) bond motifs is 3. The van der Waals surface area contributed by atoms with Gasteiger partial charge in [-0.3, -0.25) is 39.1 Å². The van der Waals surface area contributed by atoms with E-state index in [2.05, 4.69) is 30.6 Å². The highest BCUT2D eigenvalue weighted by atomic mass is 35.5. The van der Waals surface area contributed by atoms with Gasteiger partial charge in [0, 0.05) is 63.3 Å². The van der Waals surface area contributed by atoms with Gasteiger partial charge in [0.05, 0.1) is 33.5 Å². The fourth-order valence-electron chi connectivity index (χ4n) is 9.68. The van der Waals surface area contributed by atoms with E-state index >= 15 is 4.39 Å². The summed E-state index contributed by atoms with van der Waals surface area (Å²) >= 11 is 6.14. The Balaban J connectivity index is 0.723. The lowest BCUT2D eigenvalue weighted by molar-refractivity contribution is -0.136. The average molecular weight is 824 g/mol. The molecular weight excluding hydrogens is 781 g/mol. The number of ether oxygens (including phenoxy) is 1. The molecule has 3 atom stereocenters. The molecule has 6 fully saturated rings. The lowest BCUT2D eigenvalue weighted by Gasteiger charge is -2.58. The van der Waals surface area contributed by atoms with Crippen molar-refractivity contribution >= 4 is 52.6 Å². The molecule has 2 bridgehead atoms. The number of carbonyl (C=O) groups excluding carboxylic acids is 5. The van der Waals surface area contributed by atoms with Gasteiger partial charge in [0.2, 0.25) is 11.8 Å². The van der Waals surface area contributed by atoms with Gasteiger partial charge in [-0.1, -0.05) is 11.6 Å². The van der Waals surface area contributed by atoms with Crippen molar-refractivity contribution in [3.8, 4) is 11.8 Å². The Morgan fingerprint density at radius 1 is 0.932 bits per heavy atom. The first kappa shape index (κ1) is 38.8. The Morgan fingerprint density at radius 3 is 2.32 bits per heavy atom. The van der Waals surface area contributed by atoms with Crippen LogP contribution in [0.3, 0.4) is 0 Å². The normalized spacial score (nSPS) is 25.9. The molecule has 7 aliphatic rings. The predicted molar refractivity (Wildman–Crippen MR) is 211 cm³/mol. The summed E-state index contributed by atoms with van der Waals surface area (Å²) in [5.74, 6) is -1.47. The molecule has 59 heavy (non-hydrogen) atoms. The topological polar surface area (TPSA) is 181 Å². The van der Waals surface area contributed by atoms with Crippen LogP contribution in [-0.2, 0) is 9.59 Å². The molecule has 0 radical (unpaired) electrons. The molecule has 17 heteroatoms. The van der Waals surface area contributed by atoms with Crippen molar-refractivity contribution in [3.05, 3.63) is 75.7 Å². The molecule has 3 aromatic rings. The van der Waals surface area contributed by atoms with E-state index in [1.165, 1.54) is 6.07 Å². The lowest BCUT2D eigenvalue weighted by atomic mass is 9.85. The van der Waals surface area contributed by atoms with E-state index in [0.29, 0.717) is 27.9 Å². The van der Waals surface area contributed by atoms with Crippen molar-refractivity contribution in [1.29, 1.82) is 5.26 Å². The predicted octanol–water partition coefficient (Wildman–Crippen LogP) is 3.84. The Morgan fingerprint density at radius 2 is 1.66 bits per heavy atom. The van der Waals surface area contributed by atoms with Crippen molar-refractivity contribution in [3.63, 3.8) is 0 Å². The molecule has 10 rings (SSSR count). The van der Waals surface area contributed by atoms with Gasteiger partial charge in [0.25, 0.3) is 17.7 Å². The van der Waals surface area contributed by atoms with Crippen LogP contribution >= 0.6 is 11.6 Å². The zero-order chi connectivity index (χ0) is 40.9. The van der Waals surface area contributed by atoms with Gasteiger partial charge in [0.1, 0.15) is 23.7 Å². The SMILES string of the molecule is N#Cc1ccc(OC2CCC(NC(=O)c3ccc(N4CCC(CN5CC6CC(C5)N6c5cc6c(cc5F)C(=O)N(C5CCC(=O)NC5=O)C6=O)CC4)nn3)CC2)cc1Cl. The maximum absolute atomic E-state index is 15.6. The monoisotopic (exact) mass is 823 g/mol. The van der Waals surface area contributed by atoms with E-state index in [1.807, 2.05) is 17.0 Å². The molecule has 5 saturated heterocycles. The Hall–Kier alpha value is -5.66. The zero-order valence-corrected chi connectivity index (χ0v) is 33.0. The number of nitrogens with one attached hydrogen (secondary N) is 2. The summed E-state index contributed by atoms with van der Waals surface area (Å²) in [6.07, 6.45) is 6.02. The second-order valence-corrected chi connectivity index (χ2v) is 16.9. The zero-order valence-electron chi connectivity index (χ0n) is 32.2. The molecule has 6 aliphatic heterocycles. The molecule has 1 aliphatic carbocycles. The number of nitriles is 1. The number of hydrogen-bond donors (Lipinski definition) is 2. The van der Waals surface area contributed by atoms with Gasteiger partial charge < -0.3 is 19.9 Å². The minimum Gasteiger partial charge on any atom is -0.490 e. The number of rotatable bonds is 9. The number of anilines is 2. The third kappa shape index (κ3) is 7.57. The van der Waals surface area contributed by atoms with E-state index in [0.717, 1.165) is 94.5 Å². The van der Waals surface area contributed by atoms with Gasteiger partial charge in [-0.15, -0.1) is 10.2 Å². The number of hydrogen-bond acceptors (Lipinski definition) is 12. The van der Waals surface area contributed by atoms with Gasteiger partial charge in [0.15, 0.2) is 11.5 Å². The van der Waals surface area contributed by atoms with E-state index in [1.54, 1.807) is 24.3 Å². The largest absolute Gasteiger partial charge is 0.490 e. The summed E-state index contributed by atoms with van der Waals surface area (Å²) in [5.41, 5.74) is 1.01. The van der Waals surface area contributed by atoms with Crippen LogP contribution in [0.2, 0.25) is 5.02 Å². The van der Waals surface area contributed by atoms with Crippen LogP contribution < -0.4 is 25.2 Å². The number of nitrogens with zero attached hydrogens (tertiary/aromatic N) is 7. The quantitative estimate of drug-likeness (QED) is 0.298. The summed E-state index contributed by atoms with van der Waals surface area (Å²) in [6.45, 7) is 4.10. The van der Waals surface area contributed by atoms with Crippen molar-refractivity contribution in [1.82, 2.24) is 30.6 Å². The maximum atomic E-state index is 15.6. The molecular formula is C42H43ClFN9O6. The molecule has 1 saturated carbocycles. The van der Waals surface area contributed by atoms with E-state index in [-0.39, 0.29) is 59.8 Å². The third-order valence-corrected chi connectivity index (χ3v) is 13.1. The standard InChI is InChI=1S/C42H43ClFN9O6/c43-32-16-29(4-1-24(32)19-45)59-28-5-2-25(3-6-28)46-39(55)34-7-9-37(49-48-34)51-13-11-23(12-14-51)20-50-21-26-15-27(22-50)52(26)36-18-31-30(17-33(36)44)41(57)53(42(31)58)35-8-10-38(54)47-40(35)56/h1,4,7,9,16-18,23,25-28,35H,2-3,5-6,8,10-15,20-22H2,(H,46,55)(H,47,54,56). The number of halogens is 2. The van der Waals surface area contributed by atoms with Crippen LogP contribution in [0.1, 0.15) is 94.6 Å². The maximum Gasteiger partial charge on any atom is 0.272 e. The second kappa shape index (κ2) is 15.8. The summed E-state index contributed by atoms with van der Waals surface area (Å²) in [5, 5.41) is 23.4. The Labute approximate surface area is 344 Å². The van der Waals surface area contributed by atoms with Crippen molar-refractivity contribution < 1.29 is 33.1 Å². The first-order valence-electron chi connectivity index (χ1n) is 20.3. The molecule has 5 amide bonds. The molecule has 2 N–H and O–H groups in total. The second-order valence-electron chi connectivity index (χ2n) is 16.5. The van der Waals surface area contributed by atoms with Crippen LogP contribution in [0.5, 0.6) is 5.75 Å². The van der Waals surface area contributed by atoms with E-state index in [9.17, 15) is 24.0 Å². The molecule has 15 nitrogen and oxygen atoms in total. The van der Waals surface area contributed by atoms with Crippen LogP contribution in [0.25, 0.3) is 0 Å². The van der Waals surface area contributed by atoms with Crippen molar-refractivity contribution in [2.45, 2.75) is 88.1 Å². The number of piperazine rings is 1. The Bertz CT molecular complexity index is 2240. The first-order chi connectivity index (χ1) is 28.5. The first-order valence-corrected chi connectivity index (χ1v) is 20.7. The molecule has 3 unspecified atom stereocenters. The fraction of sp³-hybridized carbons (Fsp3) is 0.476. The van der Waals surface area contributed by atoms with Crippen LogP contribution in [0.4, 0.5) is 15.9 Å². The number of piperidine rings is 3. The minimum atomic E-state index is -1.10. The number of benzene rings is 2. The van der Waals surface area contributed by atoms with Gasteiger partial charge in [-0.2, -0.15) is 5.26 Å². The van der Waals surface area contributed by atoms with E-state index < -0.39 is 35.5 Å². The number of amides is 5. The summed E-state index contributed by atoms with van der Waals surface area (Å²) in [7, 11) is 0. The molecule has 306 valence electrons. The lowest BCUT2D eigenvalue weighted by Crippen LogP contribution is -2.69. The highest BCUT2D eigenvalue weighted by Crippen LogP contribution is 2.41. The summed E-state index contributed by atoms with van der Waals surface area (Å²) in [6, 6.07) is 12.3.